The van der Waals surface area contributed by atoms with E-state index in [0.717, 1.165) is 16.1 Å². The van der Waals surface area contributed by atoms with Crippen LogP contribution < -0.4 is 10.6 Å². The van der Waals surface area contributed by atoms with E-state index in [1.165, 1.54) is 22.7 Å². The van der Waals surface area contributed by atoms with Crippen molar-refractivity contribution in [3.05, 3.63) is 81.8 Å². The van der Waals surface area contributed by atoms with Gasteiger partial charge in [-0.05, 0) is 24.6 Å². The third-order valence-corrected chi connectivity index (χ3v) is 6.51. The molecule has 4 rings (SSSR count). The van der Waals surface area contributed by atoms with Gasteiger partial charge in [-0.3, -0.25) is 14.9 Å². The molecule has 31 heavy (non-hydrogen) atoms. The topological polar surface area (TPSA) is 84.0 Å². The molecule has 0 spiro atoms. The molecule has 0 saturated carbocycles. The SMILES string of the molecule is Cc1nc(NC(=O)c2ccccc2Cl)sc1-c1csc(NC(=O)Cc2ccccc2)n1. The van der Waals surface area contributed by atoms with Crippen LogP contribution in [0.15, 0.2) is 60.0 Å². The molecule has 2 aromatic carbocycles. The molecule has 0 fully saturated rings. The van der Waals surface area contributed by atoms with Crippen LogP contribution in [-0.4, -0.2) is 21.8 Å². The fourth-order valence-corrected chi connectivity index (χ4v) is 4.81. The molecule has 0 radical (unpaired) electrons. The van der Waals surface area contributed by atoms with Crippen LogP contribution in [0.4, 0.5) is 10.3 Å². The highest BCUT2D eigenvalue weighted by Crippen LogP contribution is 2.35. The standard InChI is InChI=1S/C22H17ClN4O2S2/c1-13-19(31-22(24-13)27-20(29)15-9-5-6-10-16(15)23)17-12-30-21(25-17)26-18(28)11-14-7-3-2-4-8-14/h2-10,12H,11H2,1H3,(H,24,27,29)(H,25,26,28). The van der Waals surface area contributed by atoms with Gasteiger partial charge in [0.1, 0.15) is 0 Å². The van der Waals surface area contributed by atoms with E-state index in [1.807, 2.05) is 42.6 Å². The molecular weight excluding hydrogens is 452 g/mol. The highest BCUT2D eigenvalue weighted by molar-refractivity contribution is 7.20. The molecule has 2 amide bonds. The summed E-state index contributed by atoms with van der Waals surface area (Å²) < 4.78 is 0. The van der Waals surface area contributed by atoms with Crippen molar-refractivity contribution in [2.24, 2.45) is 0 Å². The third-order valence-electron chi connectivity index (χ3n) is 4.33. The number of aryl methyl sites for hydroxylation is 1. The van der Waals surface area contributed by atoms with E-state index < -0.39 is 0 Å². The molecule has 0 atom stereocenters. The van der Waals surface area contributed by atoms with E-state index in [1.54, 1.807) is 24.3 Å². The molecule has 0 aliphatic heterocycles. The molecule has 0 unspecified atom stereocenters. The third kappa shape index (κ3) is 5.16. The minimum Gasteiger partial charge on any atom is -0.302 e. The van der Waals surface area contributed by atoms with Crippen LogP contribution in [0.2, 0.25) is 5.02 Å². The predicted octanol–water partition coefficient (Wildman–Crippen LogP) is 5.66. The lowest BCUT2D eigenvalue weighted by atomic mass is 10.1. The van der Waals surface area contributed by atoms with Gasteiger partial charge in [-0.1, -0.05) is 65.4 Å². The Hall–Kier alpha value is -3.07. The van der Waals surface area contributed by atoms with E-state index in [4.69, 9.17) is 11.6 Å². The number of carbonyl (C=O) groups excluding carboxylic acids is 2. The Morgan fingerprint density at radius 2 is 1.71 bits per heavy atom. The van der Waals surface area contributed by atoms with Crippen molar-refractivity contribution >= 4 is 56.4 Å². The number of amides is 2. The fourth-order valence-electron chi connectivity index (χ4n) is 2.88. The minimum absolute atomic E-state index is 0.124. The van der Waals surface area contributed by atoms with E-state index in [0.29, 0.717) is 26.5 Å². The van der Waals surface area contributed by atoms with Crippen LogP contribution in [0, 0.1) is 6.92 Å². The number of rotatable bonds is 6. The average Bonchev–Trinajstić information content (AvgIpc) is 3.35. The van der Waals surface area contributed by atoms with Crippen molar-refractivity contribution in [1.29, 1.82) is 0 Å². The van der Waals surface area contributed by atoms with Gasteiger partial charge in [-0.15, -0.1) is 11.3 Å². The first-order chi connectivity index (χ1) is 15.0. The van der Waals surface area contributed by atoms with Crippen molar-refractivity contribution in [3.8, 4) is 10.6 Å². The summed E-state index contributed by atoms with van der Waals surface area (Å²) >= 11 is 8.76. The molecular formula is C22H17ClN4O2S2. The molecule has 2 aromatic heterocycles. The Labute approximate surface area is 192 Å². The van der Waals surface area contributed by atoms with Crippen LogP contribution >= 0.6 is 34.3 Å². The molecule has 4 aromatic rings. The first-order valence-electron chi connectivity index (χ1n) is 9.32. The summed E-state index contributed by atoms with van der Waals surface area (Å²) in [4.78, 5) is 34.5. The zero-order valence-corrected chi connectivity index (χ0v) is 18.8. The van der Waals surface area contributed by atoms with Gasteiger partial charge in [0, 0.05) is 5.38 Å². The first kappa shape index (κ1) is 21.2. The summed E-state index contributed by atoms with van der Waals surface area (Å²) in [5, 5.41) is 8.84. The fraction of sp³-hybridized carbons (Fsp3) is 0.0909. The van der Waals surface area contributed by atoms with Crippen LogP contribution in [0.3, 0.4) is 0 Å². The molecule has 9 heteroatoms. The van der Waals surface area contributed by atoms with Crippen LogP contribution in [-0.2, 0) is 11.2 Å². The van der Waals surface area contributed by atoms with Crippen molar-refractivity contribution in [2.75, 3.05) is 10.6 Å². The van der Waals surface area contributed by atoms with Gasteiger partial charge in [0.05, 0.1) is 33.3 Å². The molecule has 0 aliphatic rings. The number of aromatic nitrogens is 2. The Morgan fingerprint density at radius 3 is 2.48 bits per heavy atom. The Kier molecular flexibility index (Phi) is 6.41. The smallest absolute Gasteiger partial charge is 0.258 e. The van der Waals surface area contributed by atoms with Crippen molar-refractivity contribution in [2.45, 2.75) is 13.3 Å². The van der Waals surface area contributed by atoms with Gasteiger partial charge in [-0.2, -0.15) is 0 Å². The summed E-state index contributed by atoms with van der Waals surface area (Å²) in [6.45, 7) is 1.85. The number of hydrogen-bond acceptors (Lipinski definition) is 6. The summed E-state index contributed by atoms with van der Waals surface area (Å²) in [5.74, 6) is -0.445. The monoisotopic (exact) mass is 468 g/mol. The molecule has 0 aliphatic carbocycles. The van der Waals surface area contributed by atoms with Crippen molar-refractivity contribution in [3.63, 3.8) is 0 Å². The maximum absolute atomic E-state index is 12.5. The molecule has 2 N–H and O–H groups in total. The number of carbonyl (C=O) groups is 2. The maximum Gasteiger partial charge on any atom is 0.258 e. The predicted molar refractivity (Wildman–Crippen MR) is 126 cm³/mol. The van der Waals surface area contributed by atoms with Gasteiger partial charge in [0.15, 0.2) is 10.3 Å². The zero-order valence-electron chi connectivity index (χ0n) is 16.4. The first-order valence-corrected chi connectivity index (χ1v) is 11.4. The van der Waals surface area contributed by atoms with Crippen LogP contribution in [0.5, 0.6) is 0 Å². The largest absolute Gasteiger partial charge is 0.302 e. The van der Waals surface area contributed by atoms with Crippen LogP contribution in [0.1, 0.15) is 21.6 Å². The molecule has 2 heterocycles. The lowest BCUT2D eigenvalue weighted by Crippen LogP contribution is -2.14. The summed E-state index contributed by atoms with van der Waals surface area (Å²) in [6.07, 6.45) is 0.285. The molecule has 6 nitrogen and oxygen atoms in total. The molecule has 0 bridgehead atoms. The number of thiazole rings is 2. The number of halogens is 1. The van der Waals surface area contributed by atoms with Gasteiger partial charge in [0.2, 0.25) is 5.91 Å². The van der Waals surface area contributed by atoms with Gasteiger partial charge in [0.25, 0.3) is 5.91 Å². The summed E-state index contributed by atoms with van der Waals surface area (Å²) in [7, 11) is 0. The summed E-state index contributed by atoms with van der Waals surface area (Å²) in [5.41, 5.74) is 2.77. The Bertz CT molecular complexity index is 1240. The van der Waals surface area contributed by atoms with E-state index in [9.17, 15) is 9.59 Å². The summed E-state index contributed by atoms with van der Waals surface area (Å²) in [6, 6.07) is 16.4. The van der Waals surface area contributed by atoms with Gasteiger partial charge < -0.3 is 5.32 Å². The van der Waals surface area contributed by atoms with E-state index >= 15 is 0 Å². The lowest BCUT2D eigenvalue weighted by molar-refractivity contribution is -0.115. The number of hydrogen-bond donors (Lipinski definition) is 2. The molecule has 0 saturated heterocycles. The van der Waals surface area contributed by atoms with Crippen molar-refractivity contribution < 1.29 is 9.59 Å². The average molecular weight is 469 g/mol. The Balaban J connectivity index is 1.44. The normalized spacial score (nSPS) is 10.6. The van der Waals surface area contributed by atoms with Crippen molar-refractivity contribution in [1.82, 2.24) is 9.97 Å². The number of nitrogens with one attached hydrogen (secondary N) is 2. The molecule has 156 valence electrons. The number of benzene rings is 2. The Morgan fingerprint density at radius 1 is 0.968 bits per heavy atom. The highest BCUT2D eigenvalue weighted by Gasteiger charge is 2.17. The number of anilines is 2. The zero-order chi connectivity index (χ0) is 21.8. The second-order valence-corrected chi connectivity index (χ2v) is 8.88. The quantitative estimate of drug-likeness (QED) is 0.382. The van der Waals surface area contributed by atoms with Gasteiger partial charge in [-0.25, -0.2) is 9.97 Å². The lowest BCUT2D eigenvalue weighted by Gasteiger charge is -2.03. The highest BCUT2D eigenvalue weighted by atomic mass is 35.5. The van der Waals surface area contributed by atoms with E-state index in [-0.39, 0.29) is 18.2 Å². The van der Waals surface area contributed by atoms with Crippen LogP contribution in [0.25, 0.3) is 10.6 Å². The van der Waals surface area contributed by atoms with E-state index in [2.05, 4.69) is 20.6 Å². The number of nitrogens with zero attached hydrogens (tertiary/aromatic N) is 2. The van der Waals surface area contributed by atoms with Gasteiger partial charge >= 0.3 is 0 Å². The second kappa shape index (κ2) is 9.38. The minimum atomic E-state index is -0.321. The second-order valence-electron chi connectivity index (χ2n) is 6.62. The maximum atomic E-state index is 12.5.